The molecule has 1 aliphatic carbocycles. The van der Waals surface area contributed by atoms with Crippen molar-refractivity contribution < 1.29 is 0 Å². The van der Waals surface area contributed by atoms with E-state index in [9.17, 15) is 0 Å². The van der Waals surface area contributed by atoms with Gasteiger partial charge < -0.3 is 5.73 Å². The Balaban J connectivity index is 1.73. The van der Waals surface area contributed by atoms with Gasteiger partial charge in [0.2, 0.25) is 0 Å². The highest BCUT2D eigenvalue weighted by Gasteiger charge is 2.19. The maximum absolute atomic E-state index is 6.34. The molecule has 1 heterocycles. The first-order chi connectivity index (χ1) is 9.24. The zero-order chi connectivity index (χ0) is 13.2. The lowest BCUT2D eigenvalue weighted by atomic mass is 9.95. The molecular weight excluding hydrogens is 234 g/mol. The molecule has 1 aromatic heterocycles. The Morgan fingerprint density at radius 1 is 1.32 bits per heavy atom. The predicted molar refractivity (Wildman–Crippen MR) is 79.0 cm³/mol. The third kappa shape index (κ3) is 2.66. The van der Waals surface area contributed by atoms with Crippen molar-refractivity contribution in [3.63, 3.8) is 0 Å². The Morgan fingerprint density at radius 2 is 2.05 bits per heavy atom. The summed E-state index contributed by atoms with van der Waals surface area (Å²) in [5.41, 5.74) is 8.69. The van der Waals surface area contributed by atoms with E-state index >= 15 is 0 Å². The third-order valence-corrected chi connectivity index (χ3v) is 4.40. The Morgan fingerprint density at radius 3 is 2.84 bits per heavy atom. The molecule has 0 aliphatic heterocycles. The van der Waals surface area contributed by atoms with E-state index in [1.807, 2.05) is 11.7 Å². The molecule has 1 saturated carbocycles. The fraction of sp³-hybridized carbons (Fsp3) is 0.562. The van der Waals surface area contributed by atoms with Crippen molar-refractivity contribution in [2.24, 2.45) is 18.7 Å². The van der Waals surface area contributed by atoms with Gasteiger partial charge in [0.15, 0.2) is 0 Å². The minimum atomic E-state index is 0.251. The van der Waals surface area contributed by atoms with Gasteiger partial charge in [0, 0.05) is 24.9 Å². The summed E-state index contributed by atoms with van der Waals surface area (Å²) in [6, 6.07) is 8.66. The number of rotatable bonds is 4. The van der Waals surface area contributed by atoms with Crippen molar-refractivity contribution in [3.05, 3.63) is 30.0 Å². The molecule has 3 nitrogen and oxygen atoms in total. The summed E-state index contributed by atoms with van der Waals surface area (Å²) < 4.78 is 1.97. The second-order valence-corrected chi connectivity index (χ2v) is 5.94. The number of nitrogens with zero attached hydrogens (tertiary/aromatic N) is 2. The summed E-state index contributed by atoms with van der Waals surface area (Å²) in [7, 11) is 2.01. The second-order valence-electron chi connectivity index (χ2n) is 5.94. The van der Waals surface area contributed by atoms with Gasteiger partial charge in [0.1, 0.15) is 0 Å². The van der Waals surface area contributed by atoms with Gasteiger partial charge in [0.25, 0.3) is 0 Å². The zero-order valence-corrected chi connectivity index (χ0v) is 11.7. The summed E-state index contributed by atoms with van der Waals surface area (Å²) in [4.78, 5) is 0. The first-order valence-corrected chi connectivity index (χ1v) is 7.40. The molecule has 0 saturated heterocycles. The lowest BCUT2D eigenvalue weighted by Gasteiger charge is -2.15. The SMILES string of the molecule is Cn1nc(CC(N)CC2CCCC2)c2ccccc21. The van der Waals surface area contributed by atoms with Crippen LogP contribution < -0.4 is 5.73 Å². The van der Waals surface area contributed by atoms with E-state index < -0.39 is 0 Å². The molecule has 3 heteroatoms. The van der Waals surface area contributed by atoms with Crippen LogP contribution in [0.25, 0.3) is 10.9 Å². The van der Waals surface area contributed by atoms with Crippen molar-refractivity contribution in [1.82, 2.24) is 9.78 Å². The van der Waals surface area contributed by atoms with Crippen LogP contribution in [0.4, 0.5) is 0 Å². The van der Waals surface area contributed by atoms with Crippen molar-refractivity contribution >= 4 is 10.9 Å². The quantitative estimate of drug-likeness (QED) is 0.915. The average molecular weight is 257 g/mol. The van der Waals surface area contributed by atoms with Crippen LogP contribution in [-0.4, -0.2) is 15.8 Å². The molecule has 19 heavy (non-hydrogen) atoms. The average Bonchev–Trinajstić information content (AvgIpc) is 3.00. The Hall–Kier alpha value is -1.35. The topological polar surface area (TPSA) is 43.8 Å². The minimum Gasteiger partial charge on any atom is -0.327 e. The lowest BCUT2D eigenvalue weighted by molar-refractivity contribution is 0.438. The number of benzene rings is 1. The van der Waals surface area contributed by atoms with E-state index in [0.29, 0.717) is 0 Å². The Kier molecular flexibility index (Phi) is 3.56. The molecule has 1 unspecified atom stereocenters. The number of aromatic nitrogens is 2. The van der Waals surface area contributed by atoms with Crippen LogP contribution in [0.2, 0.25) is 0 Å². The maximum atomic E-state index is 6.34. The van der Waals surface area contributed by atoms with Crippen LogP contribution in [0.15, 0.2) is 24.3 Å². The second kappa shape index (κ2) is 5.33. The van der Waals surface area contributed by atoms with Gasteiger partial charge >= 0.3 is 0 Å². The largest absolute Gasteiger partial charge is 0.327 e. The van der Waals surface area contributed by atoms with Crippen LogP contribution in [0.5, 0.6) is 0 Å². The van der Waals surface area contributed by atoms with Crippen LogP contribution in [0.1, 0.15) is 37.8 Å². The highest BCUT2D eigenvalue weighted by molar-refractivity contribution is 5.81. The first kappa shape index (κ1) is 12.7. The molecule has 1 fully saturated rings. The normalized spacial score (nSPS) is 18.2. The summed E-state index contributed by atoms with van der Waals surface area (Å²) >= 11 is 0. The number of para-hydroxylation sites is 1. The summed E-state index contributed by atoms with van der Waals surface area (Å²) in [6.45, 7) is 0. The molecule has 1 aliphatic rings. The number of fused-ring (bicyclic) bond motifs is 1. The van der Waals surface area contributed by atoms with E-state index in [1.165, 1.54) is 36.6 Å². The fourth-order valence-corrected chi connectivity index (χ4v) is 3.45. The highest BCUT2D eigenvalue weighted by atomic mass is 15.3. The Labute approximate surface area is 114 Å². The van der Waals surface area contributed by atoms with Crippen LogP contribution in [-0.2, 0) is 13.5 Å². The van der Waals surface area contributed by atoms with Gasteiger partial charge in [0.05, 0.1) is 11.2 Å². The standard InChI is InChI=1S/C16H23N3/c1-19-16-9-5-4-8-14(16)15(18-19)11-13(17)10-12-6-2-3-7-12/h4-5,8-9,12-13H,2-3,6-7,10-11,17H2,1H3. The molecule has 0 spiro atoms. The molecule has 0 amide bonds. The number of hydrogen-bond donors (Lipinski definition) is 1. The Bertz CT molecular complexity index is 552. The van der Waals surface area contributed by atoms with Gasteiger partial charge in [-0.15, -0.1) is 0 Å². The fourth-order valence-electron chi connectivity index (χ4n) is 3.45. The summed E-state index contributed by atoms with van der Waals surface area (Å²) in [6.07, 6.45) is 7.59. The van der Waals surface area contributed by atoms with E-state index in [2.05, 4.69) is 29.4 Å². The van der Waals surface area contributed by atoms with Gasteiger partial charge in [-0.2, -0.15) is 5.10 Å². The zero-order valence-electron chi connectivity index (χ0n) is 11.7. The molecule has 2 aromatic rings. The van der Waals surface area contributed by atoms with Crippen LogP contribution in [0, 0.1) is 5.92 Å². The highest BCUT2D eigenvalue weighted by Crippen LogP contribution is 2.29. The molecule has 0 radical (unpaired) electrons. The van der Waals surface area contributed by atoms with E-state index in [1.54, 1.807) is 0 Å². The summed E-state index contributed by atoms with van der Waals surface area (Å²) in [5, 5.41) is 5.90. The molecule has 3 rings (SSSR count). The van der Waals surface area contributed by atoms with E-state index in [4.69, 9.17) is 5.73 Å². The number of aryl methyl sites for hydroxylation is 1. The predicted octanol–water partition coefficient (Wildman–Crippen LogP) is 3.02. The third-order valence-electron chi connectivity index (χ3n) is 4.40. The molecule has 1 aromatic carbocycles. The maximum Gasteiger partial charge on any atom is 0.0718 e. The van der Waals surface area contributed by atoms with Crippen molar-refractivity contribution in [1.29, 1.82) is 0 Å². The summed E-state index contributed by atoms with van der Waals surface area (Å²) in [5.74, 6) is 0.852. The van der Waals surface area contributed by atoms with Crippen molar-refractivity contribution in [2.45, 2.75) is 44.6 Å². The van der Waals surface area contributed by atoms with Gasteiger partial charge in [-0.1, -0.05) is 43.9 Å². The van der Waals surface area contributed by atoms with Gasteiger partial charge in [-0.25, -0.2) is 0 Å². The molecule has 102 valence electrons. The minimum absolute atomic E-state index is 0.251. The number of hydrogen-bond acceptors (Lipinski definition) is 2. The van der Waals surface area contributed by atoms with Crippen molar-refractivity contribution in [2.75, 3.05) is 0 Å². The van der Waals surface area contributed by atoms with Crippen LogP contribution >= 0.6 is 0 Å². The molecular formula is C16H23N3. The van der Waals surface area contributed by atoms with E-state index in [0.717, 1.165) is 24.5 Å². The van der Waals surface area contributed by atoms with E-state index in [-0.39, 0.29) is 6.04 Å². The van der Waals surface area contributed by atoms with Crippen LogP contribution in [0.3, 0.4) is 0 Å². The lowest BCUT2D eigenvalue weighted by Crippen LogP contribution is -2.25. The van der Waals surface area contributed by atoms with Gasteiger partial charge in [-0.05, 0) is 18.4 Å². The van der Waals surface area contributed by atoms with Crippen molar-refractivity contribution in [3.8, 4) is 0 Å². The molecule has 0 bridgehead atoms. The molecule has 1 atom stereocenters. The smallest absolute Gasteiger partial charge is 0.0718 e. The van der Waals surface area contributed by atoms with Gasteiger partial charge in [-0.3, -0.25) is 4.68 Å². The molecule has 2 N–H and O–H groups in total. The monoisotopic (exact) mass is 257 g/mol. The number of nitrogens with two attached hydrogens (primary N) is 1. The first-order valence-electron chi connectivity index (χ1n) is 7.40.